The number of rotatable bonds is 2. The highest BCUT2D eigenvalue weighted by atomic mass is 35.5. The van der Waals surface area contributed by atoms with E-state index < -0.39 is 0 Å². The topological polar surface area (TPSA) is 43.1 Å². The summed E-state index contributed by atoms with van der Waals surface area (Å²) in [4.78, 5) is 10.7. The molecule has 1 unspecified atom stereocenters. The van der Waals surface area contributed by atoms with Crippen molar-refractivity contribution in [3.05, 3.63) is 0 Å². The molecule has 0 aliphatic rings. The van der Waals surface area contributed by atoms with Crippen LogP contribution in [0.3, 0.4) is 0 Å². The molecule has 0 saturated carbocycles. The molecule has 56 valence electrons. The molecule has 0 bridgehead atoms. The van der Waals surface area contributed by atoms with Gasteiger partial charge in [-0.15, -0.1) is 12.4 Å². The third-order valence-corrected chi connectivity index (χ3v) is 1.02. The molecule has 1 atom stereocenters. The van der Waals surface area contributed by atoms with E-state index in [1.807, 2.05) is 13.8 Å². The van der Waals surface area contributed by atoms with Crippen molar-refractivity contribution in [2.24, 2.45) is 11.7 Å². The number of carbonyl (C=O) groups excluding carboxylic acids is 1. The average molecular weight is 152 g/mol. The van der Waals surface area contributed by atoms with Crippen LogP contribution in [0, 0.1) is 5.92 Å². The Hall–Kier alpha value is -0.0800. The Morgan fingerprint density at radius 2 is 1.67 bits per heavy atom. The van der Waals surface area contributed by atoms with Crippen molar-refractivity contribution in [1.29, 1.82) is 0 Å². The van der Waals surface area contributed by atoms with Gasteiger partial charge in [0.05, 0.1) is 6.04 Å². The van der Waals surface area contributed by atoms with Crippen LogP contribution in [0.1, 0.15) is 20.8 Å². The zero-order valence-corrected chi connectivity index (χ0v) is 6.87. The van der Waals surface area contributed by atoms with E-state index in [1.165, 1.54) is 0 Å². The fraction of sp³-hybridized carbons (Fsp3) is 0.833. The Kier molecular flexibility index (Phi) is 6.19. The molecule has 0 radical (unpaired) electrons. The van der Waals surface area contributed by atoms with Gasteiger partial charge in [-0.25, -0.2) is 0 Å². The Bertz CT molecular complexity index is 81.1. The van der Waals surface area contributed by atoms with E-state index >= 15 is 0 Å². The minimum Gasteiger partial charge on any atom is -0.322 e. The van der Waals surface area contributed by atoms with Crippen LogP contribution in [-0.4, -0.2) is 11.8 Å². The minimum absolute atomic E-state index is 0. The van der Waals surface area contributed by atoms with Crippen molar-refractivity contribution in [2.75, 3.05) is 0 Å². The third-order valence-electron chi connectivity index (χ3n) is 1.02. The fourth-order valence-corrected chi connectivity index (χ4v) is 0.526. The summed E-state index contributed by atoms with van der Waals surface area (Å²) in [6.45, 7) is 5.42. The van der Waals surface area contributed by atoms with Crippen LogP contribution in [0.4, 0.5) is 0 Å². The molecule has 0 fully saturated rings. The quantitative estimate of drug-likeness (QED) is 0.640. The molecule has 0 rings (SSSR count). The van der Waals surface area contributed by atoms with Gasteiger partial charge < -0.3 is 5.73 Å². The first-order chi connectivity index (χ1) is 3.55. The van der Waals surface area contributed by atoms with E-state index in [0.717, 1.165) is 0 Å². The first-order valence-corrected chi connectivity index (χ1v) is 2.85. The summed E-state index contributed by atoms with van der Waals surface area (Å²) in [6, 6.07) is -0.296. The van der Waals surface area contributed by atoms with Gasteiger partial charge in [0.2, 0.25) is 0 Å². The summed E-state index contributed by atoms with van der Waals surface area (Å²) < 4.78 is 0. The second-order valence-corrected chi connectivity index (χ2v) is 2.35. The SMILES string of the molecule is CC(C)C(=O)C(C)N.Cl. The summed E-state index contributed by atoms with van der Waals surface area (Å²) in [5.74, 6) is 0.208. The van der Waals surface area contributed by atoms with E-state index in [0.29, 0.717) is 0 Å². The van der Waals surface area contributed by atoms with E-state index in [-0.39, 0.29) is 30.2 Å². The minimum atomic E-state index is -0.296. The largest absolute Gasteiger partial charge is 0.322 e. The van der Waals surface area contributed by atoms with Crippen LogP contribution in [0.15, 0.2) is 0 Å². The van der Waals surface area contributed by atoms with Gasteiger partial charge in [-0.1, -0.05) is 13.8 Å². The molecule has 0 aromatic rings. The molecule has 0 heterocycles. The Morgan fingerprint density at radius 1 is 1.33 bits per heavy atom. The lowest BCUT2D eigenvalue weighted by Crippen LogP contribution is -2.30. The van der Waals surface area contributed by atoms with Crippen molar-refractivity contribution in [1.82, 2.24) is 0 Å². The first kappa shape index (κ1) is 11.7. The normalized spacial score (nSPS) is 12.6. The summed E-state index contributed by atoms with van der Waals surface area (Å²) in [5.41, 5.74) is 5.29. The molecule has 3 heteroatoms. The second kappa shape index (κ2) is 4.77. The van der Waals surface area contributed by atoms with Crippen LogP contribution in [-0.2, 0) is 4.79 Å². The van der Waals surface area contributed by atoms with Gasteiger partial charge in [0, 0.05) is 5.92 Å². The molecular formula is C6H14ClNO. The molecule has 0 aromatic carbocycles. The third kappa shape index (κ3) is 4.43. The second-order valence-electron chi connectivity index (χ2n) is 2.35. The molecule has 2 N–H and O–H groups in total. The van der Waals surface area contributed by atoms with E-state index in [9.17, 15) is 4.79 Å². The van der Waals surface area contributed by atoms with Crippen molar-refractivity contribution in [3.8, 4) is 0 Å². The van der Waals surface area contributed by atoms with Gasteiger partial charge in [-0.05, 0) is 6.92 Å². The van der Waals surface area contributed by atoms with Gasteiger partial charge in [-0.2, -0.15) is 0 Å². The monoisotopic (exact) mass is 151 g/mol. The van der Waals surface area contributed by atoms with Gasteiger partial charge >= 0.3 is 0 Å². The van der Waals surface area contributed by atoms with E-state index in [1.54, 1.807) is 6.92 Å². The van der Waals surface area contributed by atoms with Crippen LogP contribution in [0.5, 0.6) is 0 Å². The lowest BCUT2D eigenvalue weighted by molar-refractivity contribution is -0.122. The highest BCUT2D eigenvalue weighted by Gasteiger charge is 2.10. The molecule has 0 spiro atoms. The predicted molar refractivity (Wildman–Crippen MR) is 40.7 cm³/mol. The summed E-state index contributed by atoms with van der Waals surface area (Å²) in [7, 11) is 0. The highest BCUT2D eigenvalue weighted by molar-refractivity contribution is 5.85. The number of carbonyl (C=O) groups is 1. The van der Waals surface area contributed by atoms with Crippen molar-refractivity contribution in [3.63, 3.8) is 0 Å². The summed E-state index contributed by atoms with van der Waals surface area (Å²) in [5, 5.41) is 0. The predicted octanol–water partition coefficient (Wildman–Crippen LogP) is 0.980. The van der Waals surface area contributed by atoms with E-state index in [2.05, 4.69) is 0 Å². The number of halogens is 1. The molecule has 2 nitrogen and oxygen atoms in total. The van der Waals surface area contributed by atoms with Crippen molar-refractivity contribution >= 4 is 18.2 Å². The van der Waals surface area contributed by atoms with Crippen LogP contribution >= 0.6 is 12.4 Å². The van der Waals surface area contributed by atoms with Crippen LogP contribution in [0.2, 0.25) is 0 Å². The number of hydrogen-bond acceptors (Lipinski definition) is 2. The summed E-state index contributed by atoms with van der Waals surface area (Å²) in [6.07, 6.45) is 0. The van der Waals surface area contributed by atoms with Crippen molar-refractivity contribution in [2.45, 2.75) is 26.8 Å². The smallest absolute Gasteiger partial charge is 0.151 e. The molecule has 9 heavy (non-hydrogen) atoms. The average Bonchev–Trinajstić information content (AvgIpc) is 1.64. The van der Waals surface area contributed by atoms with Gasteiger partial charge in [0.25, 0.3) is 0 Å². The molecule has 0 amide bonds. The van der Waals surface area contributed by atoms with E-state index in [4.69, 9.17) is 5.73 Å². The van der Waals surface area contributed by atoms with Crippen molar-refractivity contribution < 1.29 is 4.79 Å². The van der Waals surface area contributed by atoms with Gasteiger partial charge in [0.15, 0.2) is 5.78 Å². The number of ketones is 1. The zero-order valence-electron chi connectivity index (χ0n) is 6.05. The Balaban J connectivity index is 0. The number of nitrogens with two attached hydrogens (primary N) is 1. The lowest BCUT2D eigenvalue weighted by Gasteiger charge is -2.05. The maximum absolute atomic E-state index is 10.7. The Labute approximate surface area is 62.2 Å². The van der Waals surface area contributed by atoms with Crippen LogP contribution < -0.4 is 5.73 Å². The molecule has 0 saturated heterocycles. The number of hydrogen-bond donors (Lipinski definition) is 1. The molecule has 0 aromatic heterocycles. The van der Waals surface area contributed by atoms with Crippen LogP contribution in [0.25, 0.3) is 0 Å². The lowest BCUT2D eigenvalue weighted by atomic mass is 10.0. The van der Waals surface area contributed by atoms with Gasteiger partial charge in [0.1, 0.15) is 0 Å². The highest BCUT2D eigenvalue weighted by Crippen LogP contribution is 1.95. The molecule has 0 aliphatic heterocycles. The fourth-order valence-electron chi connectivity index (χ4n) is 0.526. The first-order valence-electron chi connectivity index (χ1n) is 2.85. The molecule has 0 aliphatic carbocycles. The number of Topliss-reactive ketones (excluding diaryl/α,β-unsaturated/α-hetero) is 1. The summed E-state index contributed by atoms with van der Waals surface area (Å²) >= 11 is 0. The maximum atomic E-state index is 10.7. The zero-order chi connectivity index (χ0) is 6.73. The maximum Gasteiger partial charge on any atom is 0.151 e. The standard InChI is InChI=1S/C6H13NO.ClH/c1-4(2)6(8)5(3)7;/h4-5H,7H2,1-3H3;1H. The molecular weight excluding hydrogens is 138 g/mol. The van der Waals surface area contributed by atoms with Gasteiger partial charge in [-0.3, -0.25) is 4.79 Å². The Morgan fingerprint density at radius 3 is 1.67 bits per heavy atom.